The van der Waals surface area contributed by atoms with Crippen LogP contribution >= 0.6 is 0 Å². The lowest BCUT2D eigenvalue weighted by molar-refractivity contribution is 0.174. The molecule has 0 radical (unpaired) electrons. The second-order valence-corrected chi connectivity index (χ2v) is 10.0. The topological polar surface area (TPSA) is 27.7 Å². The molecule has 0 atom stereocenters. The van der Waals surface area contributed by atoms with Gasteiger partial charge in [-0.1, -0.05) is 39.2 Å². The normalized spacial score (nSPS) is 12.2. The minimum atomic E-state index is -1.65. The van der Waals surface area contributed by atoms with Gasteiger partial charge in [-0.05, 0) is 26.1 Å². The first-order chi connectivity index (χ1) is 8.90. The Kier molecular flexibility index (Phi) is 9.48. The summed E-state index contributed by atoms with van der Waals surface area (Å²) in [5.74, 6) is 1.19. The van der Waals surface area contributed by atoms with Gasteiger partial charge < -0.3 is 13.9 Å². The van der Waals surface area contributed by atoms with Crippen LogP contribution < -0.4 is 0 Å². The van der Waals surface area contributed by atoms with Crippen LogP contribution in [0.15, 0.2) is 24.4 Å². The molecular formula is C15H30O3Si. The molecule has 0 aliphatic heterocycles. The van der Waals surface area contributed by atoms with Gasteiger partial charge in [-0.2, -0.15) is 0 Å². The molecule has 19 heavy (non-hydrogen) atoms. The Labute approximate surface area is 119 Å². The molecule has 4 heteroatoms. The molecule has 0 aromatic carbocycles. The number of hydrogen-bond acceptors (Lipinski definition) is 3. The van der Waals surface area contributed by atoms with E-state index in [0.717, 1.165) is 6.42 Å². The van der Waals surface area contributed by atoms with Gasteiger partial charge in [0.05, 0.1) is 13.7 Å². The quantitative estimate of drug-likeness (QED) is 0.236. The molecule has 0 spiro atoms. The fourth-order valence-electron chi connectivity index (χ4n) is 1.59. The van der Waals surface area contributed by atoms with Crippen molar-refractivity contribution >= 4 is 8.32 Å². The molecular weight excluding hydrogens is 256 g/mol. The van der Waals surface area contributed by atoms with Crippen LogP contribution in [-0.4, -0.2) is 22.0 Å². The molecule has 0 heterocycles. The summed E-state index contributed by atoms with van der Waals surface area (Å²) in [6, 6.07) is 0. The van der Waals surface area contributed by atoms with Crippen LogP contribution in [0.4, 0.5) is 0 Å². The summed E-state index contributed by atoms with van der Waals surface area (Å²) in [5.41, 5.74) is 0. The van der Waals surface area contributed by atoms with E-state index in [1.807, 2.05) is 0 Å². The van der Waals surface area contributed by atoms with Gasteiger partial charge in [0.2, 0.25) is 8.32 Å². The predicted molar refractivity (Wildman–Crippen MR) is 83.4 cm³/mol. The molecule has 0 unspecified atom stereocenters. The number of hydrogen-bond donors (Lipinski definition) is 0. The molecule has 0 aromatic rings. The highest BCUT2D eigenvalue weighted by Gasteiger charge is 2.19. The van der Waals surface area contributed by atoms with Crippen LogP contribution in [0.5, 0.6) is 0 Å². The maximum absolute atomic E-state index is 5.82. The highest BCUT2D eigenvalue weighted by molar-refractivity contribution is 6.70. The van der Waals surface area contributed by atoms with Crippen molar-refractivity contribution in [2.45, 2.75) is 58.7 Å². The zero-order chi connectivity index (χ0) is 14.7. The summed E-state index contributed by atoms with van der Waals surface area (Å²) in [6.45, 7) is 13.2. The van der Waals surface area contributed by atoms with Crippen molar-refractivity contribution in [1.29, 1.82) is 0 Å². The Bertz CT molecular complexity index is 280. The number of ether oxygens (including phenoxy) is 2. The second-order valence-electron chi connectivity index (χ2n) is 5.62. The van der Waals surface area contributed by atoms with E-state index in [-0.39, 0.29) is 0 Å². The van der Waals surface area contributed by atoms with Crippen LogP contribution in [-0.2, 0) is 13.9 Å². The average molecular weight is 286 g/mol. The summed E-state index contributed by atoms with van der Waals surface area (Å²) in [7, 11) is -0.0496. The third-order valence-electron chi connectivity index (χ3n) is 2.43. The molecule has 0 fully saturated rings. The monoisotopic (exact) mass is 286 g/mol. The summed E-state index contributed by atoms with van der Waals surface area (Å²) < 4.78 is 16.5. The van der Waals surface area contributed by atoms with E-state index in [4.69, 9.17) is 13.9 Å². The SMILES string of the molecule is C=C(O[Si](C)(C)C)C(=COC)OCCCCCCC. The largest absolute Gasteiger partial charge is 0.542 e. The molecule has 0 rings (SSSR count). The summed E-state index contributed by atoms with van der Waals surface area (Å²) in [6.07, 6.45) is 7.66. The van der Waals surface area contributed by atoms with Crippen molar-refractivity contribution < 1.29 is 13.9 Å². The predicted octanol–water partition coefficient (Wildman–Crippen LogP) is 4.83. The van der Waals surface area contributed by atoms with Crippen LogP contribution in [0.3, 0.4) is 0 Å². The van der Waals surface area contributed by atoms with Gasteiger partial charge in [0.25, 0.3) is 0 Å². The standard InChI is InChI=1S/C15H30O3Si/c1-7-8-9-10-11-12-17-15(13-16-3)14(2)18-19(4,5)6/h13H,2,7-12H2,1,3-6H3. The molecule has 0 N–H and O–H groups in total. The lowest BCUT2D eigenvalue weighted by atomic mass is 10.2. The maximum Gasteiger partial charge on any atom is 0.242 e. The van der Waals surface area contributed by atoms with E-state index >= 15 is 0 Å². The molecule has 0 bridgehead atoms. The first-order valence-corrected chi connectivity index (χ1v) is 10.6. The van der Waals surface area contributed by atoms with E-state index in [1.165, 1.54) is 25.7 Å². The summed E-state index contributed by atoms with van der Waals surface area (Å²) in [4.78, 5) is 0. The van der Waals surface area contributed by atoms with E-state index in [9.17, 15) is 0 Å². The van der Waals surface area contributed by atoms with Crippen molar-refractivity contribution in [1.82, 2.24) is 0 Å². The Balaban J connectivity index is 4.06. The zero-order valence-corrected chi connectivity index (χ0v) is 14.3. The third kappa shape index (κ3) is 10.7. The van der Waals surface area contributed by atoms with Gasteiger partial charge in [0.1, 0.15) is 12.0 Å². The van der Waals surface area contributed by atoms with Crippen LogP contribution in [0, 0.1) is 0 Å². The third-order valence-corrected chi connectivity index (χ3v) is 3.29. The van der Waals surface area contributed by atoms with Crippen molar-refractivity contribution in [2.75, 3.05) is 13.7 Å². The second kappa shape index (κ2) is 9.95. The van der Waals surface area contributed by atoms with Gasteiger partial charge in [0.15, 0.2) is 5.76 Å². The van der Waals surface area contributed by atoms with Crippen molar-refractivity contribution in [2.24, 2.45) is 0 Å². The van der Waals surface area contributed by atoms with Gasteiger partial charge in [0, 0.05) is 0 Å². The summed E-state index contributed by atoms with van der Waals surface area (Å²) in [5, 5.41) is 0. The molecule has 0 saturated carbocycles. The molecule has 112 valence electrons. The molecule has 0 amide bonds. The lowest BCUT2D eigenvalue weighted by Crippen LogP contribution is -2.25. The molecule has 0 aromatic heterocycles. The molecule has 3 nitrogen and oxygen atoms in total. The van der Waals surface area contributed by atoms with E-state index in [0.29, 0.717) is 18.1 Å². The first kappa shape index (κ1) is 18.1. The minimum absolute atomic E-state index is 0.578. The van der Waals surface area contributed by atoms with E-state index in [1.54, 1.807) is 13.4 Å². The maximum atomic E-state index is 5.82. The molecule has 0 saturated heterocycles. The Morgan fingerprint density at radius 1 is 1.11 bits per heavy atom. The summed E-state index contributed by atoms with van der Waals surface area (Å²) >= 11 is 0. The zero-order valence-electron chi connectivity index (χ0n) is 13.3. The fourth-order valence-corrected chi connectivity index (χ4v) is 2.43. The van der Waals surface area contributed by atoms with Crippen molar-refractivity contribution in [3.63, 3.8) is 0 Å². The number of unbranched alkanes of at least 4 members (excludes halogenated alkanes) is 4. The highest BCUT2D eigenvalue weighted by Crippen LogP contribution is 2.18. The van der Waals surface area contributed by atoms with Gasteiger partial charge in [-0.15, -0.1) is 0 Å². The number of methoxy groups -OCH3 is 1. The van der Waals surface area contributed by atoms with E-state index < -0.39 is 8.32 Å². The first-order valence-electron chi connectivity index (χ1n) is 7.14. The van der Waals surface area contributed by atoms with Gasteiger partial charge >= 0.3 is 0 Å². The van der Waals surface area contributed by atoms with E-state index in [2.05, 4.69) is 33.1 Å². The average Bonchev–Trinajstić information content (AvgIpc) is 2.30. The van der Waals surface area contributed by atoms with Crippen molar-refractivity contribution in [3.05, 3.63) is 24.4 Å². The van der Waals surface area contributed by atoms with Crippen LogP contribution in [0.25, 0.3) is 0 Å². The Morgan fingerprint density at radius 2 is 1.74 bits per heavy atom. The highest BCUT2D eigenvalue weighted by atomic mass is 28.4. The smallest absolute Gasteiger partial charge is 0.242 e. The van der Waals surface area contributed by atoms with Crippen LogP contribution in [0.2, 0.25) is 19.6 Å². The van der Waals surface area contributed by atoms with Crippen molar-refractivity contribution in [3.8, 4) is 0 Å². The van der Waals surface area contributed by atoms with Gasteiger partial charge in [-0.25, -0.2) is 0 Å². The van der Waals surface area contributed by atoms with Crippen LogP contribution in [0.1, 0.15) is 39.0 Å². The number of rotatable bonds is 11. The molecule has 0 aliphatic rings. The minimum Gasteiger partial charge on any atom is -0.542 e. The van der Waals surface area contributed by atoms with Gasteiger partial charge in [-0.3, -0.25) is 0 Å². The Morgan fingerprint density at radius 3 is 2.26 bits per heavy atom. The molecule has 0 aliphatic carbocycles. The Hall–Kier alpha value is -0.903. The lowest BCUT2D eigenvalue weighted by Gasteiger charge is -2.22. The fraction of sp³-hybridized carbons (Fsp3) is 0.733.